The van der Waals surface area contributed by atoms with E-state index < -0.39 is 54.5 Å². The van der Waals surface area contributed by atoms with Gasteiger partial charge in [-0.25, -0.2) is 19.0 Å². The van der Waals surface area contributed by atoms with E-state index in [1.807, 2.05) is 0 Å². The topological polar surface area (TPSA) is 180 Å². The number of anilines is 1. The van der Waals surface area contributed by atoms with Crippen LogP contribution in [-0.4, -0.2) is 75.4 Å². The monoisotopic (exact) mass is 563 g/mol. The molecule has 2 saturated carbocycles. The molecule has 1 saturated heterocycles. The molecule has 0 bridgehead atoms. The van der Waals surface area contributed by atoms with Crippen molar-refractivity contribution in [2.45, 2.75) is 75.3 Å². The molecule has 0 aromatic carbocycles. The molecule has 3 fully saturated rings. The number of nitrogens with two attached hydrogens (primary N) is 1. The highest BCUT2D eigenvalue weighted by molar-refractivity contribution is 6.28. The molecule has 4 N–H and O–H groups in total. The number of carboxylic acids is 2. The highest BCUT2D eigenvalue weighted by atomic mass is 35.5. The third-order valence-electron chi connectivity index (χ3n) is 7.91. The number of hydrogen-bond acceptors (Lipinski definition) is 9. The van der Waals surface area contributed by atoms with Gasteiger partial charge >= 0.3 is 11.9 Å². The summed E-state index contributed by atoms with van der Waals surface area (Å²) in [4.78, 5) is 36.6. The van der Waals surface area contributed by atoms with Crippen LogP contribution in [-0.2, 0) is 32.0 Å². The quantitative estimate of drug-likeness (QED) is 0.256. The lowest BCUT2D eigenvalue weighted by atomic mass is 9.89. The van der Waals surface area contributed by atoms with E-state index >= 15 is 4.39 Å². The van der Waals surface area contributed by atoms with Gasteiger partial charge in [-0.05, 0) is 35.9 Å². The summed E-state index contributed by atoms with van der Waals surface area (Å²) < 4.78 is 30.1. The smallest absolute Gasteiger partial charge is 0.348 e. The van der Waals surface area contributed by atoms with Gasteiger partial charge < -0.3 is 25.4 Å². The maximum Gasteiger partial charge on any atom is 0.348 e. The van der Waals surface area contributed by atoms with E-state index in [1.165, 1.54) is 36.4 Å². The SMILES string of the molecule is Nc1nc(Cl)nc2c1ncn2[C@@H]1O[C@@H]2C(OC(Cc3cnn(CC4CCCCC4)c3)(C(=O)O)C(=O)O)C2[C@@H]1F. The number of rotatable bonds is 9. The molecular formula is C24H27ClFN7O6. The lowest BCUT2D eigenvalue weighted by Gasteiger charge is -2.27. The van der Waals surface area contributed by atoms with Crippen LogP contribution < -0.4 is 5.73 Å². The second-order valence-electron chi connectivity index (χ2n) is 10.5. The zero-order chi connectivity index (χ0) is 27.5. The van der Waals surface area contributed by atoms with E-state index in [0.29, 0.717) is 18.0 Å². The molecule has 4 heterocycles. The van der Waals surface area contributed by atoms with Gasteiger partial charge in [0.15, 0.2) is 23.9 Å². The van der Waals surface area contributed by atoms with Crippen LogP contribution in [0.3, 0.4) is 0 Å². The predicted molar refractivity (Wildman–Crippen MR) is 132 cm³/mol. The molecule has 2 aliphatic carbocycles. The van der Waals surface area contributed by atoms with Crippen LogP contribution in [0.15, 0.2) is 18.7 Å². The molecule has 0 spiro atoms. The van der Waals surface area contributed by atoms with Gasteiger partial charge in [0.2, 0.25) is 5.28 Å². The Labute approximate surface area is 226 Å². The molecule has 1 aliphatic heterocycles. The third kappa shape index (κ3) is 4.49. The van der Waals surface area contributed by atoms with Crippen molar-refractivity contribution in [3.05, 3.63) is 29.6 Å². The fourth-order valence-corrected chi connectivity index (χ4v) is 6.00. The van der Waals surface area contributed by atoms with E-state index in [-0.39, 0.29) is 22.3 Å². The number of carboxylic acid groups (broad SMARTS) is 2. The molecule has 208 valence electrons. The van der Waals surface area contributed by atoms with Crippen molar-refractivity contribution in [2.75, 3.05) is 5.73 Å². The first-order chi connectivity index (χ1) is 18.7. The van der Waals surface area contributed by atoms with E-state index in [9.17, 15) is 19.8 Å². The van der Waals surface area contributed by atoms with E-state index in [4.69, 9.17) is 26.8 Å². The summed E-state index contributed by atoms with van der Waals surface area (Å²) in [5, 5.41) is 24.1. The second kappa shape index (κ2) is 9.68. The highest BCUT2D eigenvalue weighted by Crippen LogP contribution is 2.55. The largest absolute Gasteiger partial charge is 0.479 e. The molecule has 39 heavy (non-hydrogen) atoms. The summed E-state index contributed by atoms with van der Waals surface area (Å²) in [7, 11) is 0. The molecule has 13 nitrogen and oxygen atoms in total. The van der Waals surface area contributed by atoms with Crippen LogP contribution in [0.5, 0.6) is 0 Å². The summed E-state index contributed by atoms with van der Waals surface area (Å²) in [6.07, 6.45) is 4.95. The zero-order valence-corrected chi connectivity index (χ0v) is 21.4. The van der Waals surface area contributed by atoms with Crippen molar-refractivity contribution < 1.29 is 33.7 Å². The Balaban J connectivity index is 1.17. The lowest BCUT2D eigenvalue weighted by molar-refractivity contribution is -0.191. The van der Waals surface area contributed by atoms with Gasteiger partial charge in [-0.1, -0.05) is 19.3 Å². The molecule has 0 amide bonds. The number of nitrogen functional groups attached to an aromatic ring is 1. The Hall–Kier alpha value is -3.36. The van der Waals surface area contributed by atoms with E-state index in [2.05, 4.69) is 20.1 Å². The van der Waals surface area contributed by atoms with Crippen LogP contribution in [0.4, 0.5) is 10.2 Å². The van der Waals surface area contributed by atoms with Crippen LogP contribution in [0.2, 0.25) is 5.28 Å². The molecule has 3 aromatic heterocycles. The average Bonchev–Trinajstić information content (AvgIpc) is 3.22. The minimum atomic E-state index is -2.64. The molecule has 3 aliphatic rings. The summed E-state index contributed by atoms with van der Waals surface area (Å²) in [5.41, 5.74) is 3.98. The Morgan fingerprint density at radius 1 is 1.23 bits per heavy atom. The van der Waals surface area contributed by atoms with Gasteiger partial charge in [0.1, 0.15) is 5.52 Å². The molecule has 2 unspecified atom stereocenters. The van der Waals surface area contributed by atoms with Gasteiger partial charge in [0, 0.05) is 19.2 Å². The molecule has 15 heteroatoms. The Morgan fingerprint density at radius 2 is 1.97 bits per heavy atom. The van der Waals surface area contributed by atoms with Crippen molar-refractivity contribution in [2.24, 2.45) is 11.8 Å². The van der Waals surface area contributed by atoms with E-state index in [0.717, 1.165) is 12.8 Å². The molecule has 6 rings (SSSR count). The summed E-state index contributed by atoms with van der Waals surface area (Å²) >= 11 is 5.89. The fourth-order valence-electron chi connectivity index (χ4n) is 5.83. The van der Waals surface area contributed by atoms with Crippen molar-refractivity contribution in [1.29, 1.82) is 0 Å². The number of alkyl halides is 1. The number of aromatic nitrogens is 6. The number of halogens is 2. The van der Waals surface area contributed by atoms with Crippen molar-refractivity contribution in [3.63, 3.8) is 0 Å². The first kappa shape index (κ1) is 25.9. The van der Waals surface area contributed by atoms with Crippen molar-refractivity contribution >= 4 is 40.5 Å². The number of imidazole rings is 1. The van der Waals surface area contributed by atoms with Crippen LogP contribution in [0.1, 0.15) is 43.9 Å². The lowest BCUT2D eigenvalue weighted by Crippen LogP contribution is -2.52. The van der Waals surface area contributed by atoms with Gasteiger partial charge in [0.25, 0.3) is 5.60 Å². The summed E-state index contributed by atoms with van der Waals surface area (Å²) in [6, 6.07) is 0. The van der Waals surface area contributed by atoms with Crippen molar-refractivity contribution in [3.8, 4) is 0 Å². The summed E-state index contributed by atoms with van der Waals surface area (Å²) in [6.45, 7) is 0.685. The van der Waals surface area contributed by atoms with Gasteiger partial charge in [-0.3, -0.25) is 9.25 Å². The molecule has 3 aromatic rings. The Morgan fingerprint density at radius 3 is 2.64 bits per heavy atom. The third-order valence-corrected chi connectivity index (χ3v) is 8.08. The van der Waals surface area contributed by atoms with Crippen molar-refractivity contribution in [1.82, 2.24) is 29.3 Å². The van der Waals surface area contributed by atoms with Crippen LogP contribution in [0, 0.1) is 11.8 Å². The molecule has 5 atom stereocenters. The summed E-state index contributed by atoms with van der Waals surface area (Å²) in [5.74, 6) is -3.74. The second-order valence-corrected chi connectivity index (χ2v) is 10.8. The van der Waals surface area contributed by atoms with Crippen LogP contribution >= 0.6 is 11.6 Å². The maximum absolute atomic E-state index is 15.5. The van der Waals surface area contributed by atoms with E-state index in [1.54, 1.807) is 10.9 Å². The maximum atomic E-state index is 15.5. The predicted octanol–water partition coefficient (Wildman–Crippen LogP) is 2.24. The number of hydrogen-bond donors (Lipinski definition) is 3. The fraction of sp³-hybridized carbons (Fsp3) is 0.583. The Bertz CT molecular complexity index is 1410. The number of nitrogens with zero attached hydrogens (tertiary/aromatic N) is 6. The Kier molecular flexibility index (Phi) is 6.43. The highest BCUT2D eigenvalue weighted by Gasteiger charge is 2.69. The van der Waals surface area contributed by atoms with Gasteiger partial charge in [0.05, 0.1) is 30.7 Å². The van der Waals surface area contributed by atoms with Gasteiger partial charge in [-0.15, -0.1) is 0 Å². The zero-order valence-electron chi connectivity index (χ0n) is 20.7. The van der Waals surface area contributed by atoms with Gasteiger partial charge in [-0.2, -0.15) is 15.1 Å². The first-order valence-corrected chi connectivity index (χ1v) is 13.2. The first-order valence-electron chi connectivity index (χ1n) is 12.8. The minimum absolute atomic E-state index is 0.0262. The number of carbonyl (C=O) groups is 2. The van der Waals surface area contributed by atoms with Crippen LogP contribution in [0.25, 0.3) is 11.2 Å². The minimum Gasteiger partial charge on any atom is -0.479 e. The number of aliphatic carboxylic acids is 2. The number of ether oxygens (including phenoxy) is 2. The average molecular weight is 564 g/mol. The standard InChI is InChI=1S/C24H27ClFN7O6/c25-23-30-18(27)15-19(31-23)33(10-28-15)20-14(26)13-16(38-20)17(13)39-24(21(34)35,22(36)37)6-12-7-29-32(9-12)8-11-4-2-1-3-5-11/h7,9-11,13-14,16-17,20H,1-6,8H2,(H,34,35)(H,36,37)(H2,27,30,31)/t13?,14-,16-,17?,20+/m0/s1. The normalized spacial score (nSPS) is 27.1. The molecular weight excluding hydrogens is 537 g/mol. The number of fused-ring (bicyclic) bond motifs is 2. The molecule has 0 radical (unpaired) electrons.